The molecule has 0 unspecified atom stereocenters. The summed E-state index contributed by atoms with van der Waals surface area (Å²) in [5, 5.41) is 8.96. The molecule has 0 aliphatic carbocycles. The van der Waals surface area contributed by atoms with Crippen molar-refractivity contribution in [2.75, 3.05) is 20.1 Å². The van der Waals surface area contributed by atoms with Gasteiger partial charge in [0.05, 0.1) is 0 Å². The molecule has 2 heterocycles. The SMILES string of the molecule is Cc1cc(C#CC2CCN(C)CC2)cc(C(=O)O)n1. The second-order valence-corrected chi connectivity index (χ2v) is 5.03. The Morgan fingerprint density at radius 2 is 2.11 bits per heavy atom. The minimum absolute atomic E-state index is 0.0627. The zero-order valence-corrected chi connectivity index (χ0v) is 11.3. The third-order valence-electron chi connectivity index (χ3n) is 3.31. The van der Waals surface area contributed by atoms with Crippen LogP contribution in [0, 0.1) is 24.7 Å². The fraction of sp³-hybridized carbons (Fsp3) is 0.467. The molecule has 0 spiro atoms. The lowest BCUT2D eigenvalue weighted by Crippen LogP contribution is -2.29. The Kier molecular flexibility index (Phi) is 4.18. The summed E-state index contributed by atoms with van der Waals surface area (Å²) in [6.45, 7) is 3.94. The minimum Gasteiger partial charge on any atom is -0.477 e. The highest BCUT2D eigenvalue weighted by atomic mass is 16.4. The third kappa shape index (κ3) is 3.80. The molecule has 0 bridgehead atoms. The van der Waals surface area contributed by atoms with Crippen LogP contribution in [0.25, 0.3) is 0 Å². The van der Waals surface area contributed by atoms with Gasteiger partial charge in [0.1, 0.15) is 5.69 Å². The summed E-state index contributed by atoms with van der Waals surface area (Å²) < 4.78 is 0. The number of carboxylic acids is 1. The second kappa shape index (κ2) is 5.85. The normalized spacial score (nSPS) is 16.7. The van der Waals surface area contributed by atoms with Gasteiger partial charge in [-0.25, -0.2) is 9.78 Å². The quantitative estimate of drug-likeness (QED) is 0.780. The molecule has 1 fully saturated rings. The Hall–Kier alpha value is -1.86. The molecule has 1 saturated heterocycles. The predicted octanol–water partition coefficient (Wildman–Crippen LogP) is 1.78. The van der Waals surface area contributed by atoms with Crippen LogP contribution < -0.4 is 0 Å². The first-order valence-electron chi connectivity index (χ1n) is 6.46. The summed E-state index contributed by atoms with van der Waals surface area (Å²) in [5.41, 5.74) is 1.49. The summed E-state index contributed by atoms with van der Waals surface area (Å²) in [6.07, 6.45) is 2.17. The zero-order chi connectivity index (χ0) is 13.8. The van der Waals surface area contributed by atoms with Crippen LogP contribution in [0.1, 0.15) is 34.6 Å². The number of carbonyl (C=O) groups is 1. The number of piperidine rings is 1. The van der Waals surface area contributed by atoms with E-state index >= 15 is 0 Å². The number of aryl methyl sites for hydroxylation is 1. The van der Waals surface area contributed by atoms with Gasteiger partial charge >= 0.3 is 5.97 Å². The molecule has 0 atom stereocenters. The minimum atomic E-state index is -1.01. The van der Waals surface area contributed by atoms with Gasteiger partial charge in [-0.05, 0) is 52.0 Å². The van der Waals surface area contributed by atoms with E-state index < -0.39 is 5.97 Å². The van der Waals surface area contributed by atoms with Crippen molar-refractivity contribution in [2.24, 2.45) is 5.92 Å². The number of aromatic carboxylic acids is 1. The maximum absolute atomic E-state index is 10.9. The van der Waals surface area contributed by atoms with Crippen molar-refractivity contribution in [1.82, 2.24) is 9.88 Å². The molecule has 1 aromatic heterocycles. The van der Waals surface area contributed by atoms with Gasteiger partial charge in [0, 0.05) is 17.2 Å². The van der Waals surface area contributed by atoms with Crippen molar-refractivity contribution in [3.05, 3.63) is 29.1 Å². The largest absolute Gasteiger partial charge is 0.477 e. The van der Waals surface area contributed by atoms with E-state index in [0.717, 1.165) is 31.5 Å². The van der Waals surface area contributed by atoms with Gasteiger partial charge in [0.25, 0.3) is 0 Å². The number of hydrogen-bond donors (Lipinski definition) is 1. The summed E-state index contributed by atoms with van der Waals surface area (Å²) in [4.78, 5) is 17.2. The van der Waals surface area contributed by atoms with Gasteiger partial charge in [-0.2, -0.15) is 0 Å². The van der Waals surface area contributed by atoms with Gasteiger partial charge in [0.2, 0.25) is 0 Å². The molecule has 1 aromatic rings. The summed E-state index contributed by atoms with van der Waals surface area (Å²) in [5.74, 6) is 5.75. The average molecular weight is 258 g/mol. The van der Waals surface area contributed by atoms with Gasteiger partial charge in [-0.1, -0.05) is 11.8 Å². The molecule has 0 aromatic carbocycles. The molecule has 19 heavy (non-hydrogen) atoms. The predicted molar refractivity (Wildman–Crippen MR) is 73.0 cm³/mol. The molecule has 2 rings (SSSR count). The van der Waals surface area contributed by atoms with E-state index in [1.807, 2.05) is 6.07 Å². The average Bonchev–Trinajstić information content (AvgIpc) is 2.37. The van der Waals surface area contributed by atoms with Gasteiger partial charge in [-0.15, -0.1) is 0 Å². The van der Waals surface area contributed by atoms with E-state index in [-0.39, 0.29) is 5.69 Å². The van der Waals surface area contributed by atoms with E-state index in [0.29, 0.717) is 11.6 Å². The second-order valence-electron chi connectivity index (χ2n) is 5.03. The molecule has 1 aliphatic rings. The summed E-state index contributed by atoms with van der Waals surface area (Å²) in [7, 11) is 2.12. The Labute approximate surface area is 113 Å². The lowest BCUT2D eigenvalue weighted by Gasteiger charge is -2.25. The Bertz CT molecular complexity index is 535. The number of nitrogens with zero attached hydrogens (tertiary/aromatic N) is 2. The van der Waals surface area contributed by atoms with Crippen molar-refractivity contribution in [2.45, 2.75) is 19.8 Å². The van der Waals surface area contributed by atoms with Gasteiger partial charge in [0.15, 0.2) is 0 Å². The van der Waals surface area contributed by atoms with Crippen LogP contribution in [-0.2, 0) is 0 Å². The van der Waals surface area contributed by atoms with E-state index in [4.69, 9.17) is 5.11 Å². The Morgan fingerprint density at radius 1 is 1.42 bits per heavy atom. The number of pyridine rings is 1. The summed E-state index contributed by atoms with van der Waals surface area (Å²) in [6, 6.07) is 3.37. The van der Waals surface area contributed by atoms with Crippen LogP contribution in [0.4, 0.5) is 0 Å². The maximum atomic E-state index is 10.9. The van der Waals surface area contributed by atoms with Crippen LogP contribution >= 0.6 is 0 Å². The lowest BCUT2D eigenvalue weighted by atomic mass is 9.97. The van der Waals surface area contributed by atoms with Gasteiger partial charge < -0.3 is 10.0 Å². The maximum Gasteiger partial charge on any atom is 0.354 e. The Balaban J connectivity index is 2.13. The van der Waals surface area contributed by atoms with Crippen LogP contribution in [0.5, 0.6) is 0 Å². The van der Waals surface area contributed by atoms with Gasteiger partial charge in [-0.3, -0.25) is 0 Å². The molecule has 4 heteroatoms. The first-order chi connectivity index (χ1) is 9.04. The highest BCUT2D eigenvalue weighted by molar-refractivity contribution is 5.85. The Morgan fingerprint density at radius 3 is 2.74 bits per heavy atom. The first-order valence-corrected chi connectivity index (χ1v) is 6.46. The molecule has 0 saturated carbocycles. The lowest BCUT2D eigenvalue weighted by molar-refractivity contribution is 0.0690. The fourth-order valence-electron chi connectivity index (χ4n) is 2.19. The van der Waals surface area contributed by atoms with Crippen LogP contribution in [0.3, 0.4) is 0 Å². The van der Waals surface area contributed by atoms with Crippen molar-refractivity contribution in [1.29, 1.82) is 0 Å². The fourth-order valence-corrected chi connectivity index (χ4v) is 2.19. The van der Waals surface area contributed by atoms with Crippen molar-refractivity contribution in [3.8, 4) is 11.8 Å². The molecule has 1 aliphatic heterocycles. The highest BCUT2D eigenvalue weighted by Gasteiger charge is 2.14. The molecular weight excluding hydrogens is 240 g/mol. The van der Waals surface area contributed by atoms with E-state index in [2.05, 4.69) is 28.8 Å². The van der Waals surface area contributed by atoms with Crippen molar-refractivity contribution in [3.63, 3.8) is 0 Å². The molecule has 1 N–H and O–H groups in total. The third-order valence-corrected chi connectivity index (χ3v) is 3.31. The molecular formula is C15H18N2O2. The van der Waals surface area contributed by atoms with Crippen LogP contribution in [-0.4, -0.2) is 41.1 Å². The smallest absolute Gasteiger partial charge is 0.354 e. The number of hydrogen-bond acceptors (Lipinski definition) is 3. The number of rotatable bonds is 1. The topological polar surface area (TPSA) is 53.4 Å². The molecule has 4 nitrogen and oxygen atoms in total. The monoisotopic (exact) mass is 258 g/mol. The first kappa shape index (κ1) is 13.6. The highest BCUT2D eigenvalue weighted by Crippen LogP contribution is 2.15. The van der Waals surface area contributed by atoms with Crippen LogP contribution in [0.15, 0.2) is 12.1 Å². The standard InChI is InChI=1S/C15H18N2O2/c1-11-9-13(10-14(16-11)15(18)19)4-3-12-5-7-17(2)8-6-12/h9-10,12H,5-8H2,1-2H3,(H,18,19). The van der Waals surface area contributed by atoms with E-state index in [9.17, 15) is 4.79 Å². The molecule has 0 amide bonds. The molecule has 100 valence electrons. The van der Waals surface area contributed by atoms with Crippen LogP contribution in [0.2, 0.25) is 0 Å². The van der Waals surface area contributed by atoms with E-state index in [1.165, 1.54) is 6.07 Å². The van der Waals surface area contributed by atoms with Crippen molar-refractivity contribution < 1.29 is 9.90 Å². The van der Waals surface area contributed by atoms with Crippen molar-refractivity contribution >= 4 is 5.97 Å². The number of aromatic nitrogens is 1. The number of carboxylic acid groups (broad SMARTS) is 1. The summed E-state index contributed by atoms with van der Waals surface area (Å²) >= 11 is 0. The zero-order valence-electron chi connectivity index (χ0n) is 11.3. The molecule has 0 radical (unpaired) electrons. The van der Waals surface area contributed by atoms with E-state index in [1.54, 1.807) is 6.92 Å². The number of likely N-dealkylation sites (tertiary alicyclic amines) is 1.